The Balaban J connectivity index is 3.46. The molecule has 0 aliphatic carbocycles. The highest BCUT2D eigenvalue weighted by Gasteiger charge is 2.17. The predicted octanol–water partition coefficient (Wildman–Crippen LogP) is 14.4. The van der Waals surface area contributed by atoms with Crippen LogP contribution < -0.4 is 5.32 Å². The van der Waals surface area contributed by atoms with Gasteiger partial charge in [-0.3, -0.25) is 4.79 Å². The molecule has 0 spiro atoms. The fourth-order valence-electron chi connectivity index (χ4n) is 7.14. The first kappa shape index (κ1) is 49.9. The maximum absolute atomic E-state index is 12.4. The molecule has 3 N–H and O–H groups in total. The molecule has 0 saturated carbocycles. The van der Waals surface area contributed by atoms with Crippen molar-refractivity contribution in [3.8, 4) is 0 Å². The molecule has 4 heteroatoms. The van der Waals surface area contributed by atoms with Crippen LogP contribution in [0.2, 0.25) is 0 Å². The van der Waals surface area contributed by atoms with Crippen LogP contribution in [0.25, 0.3) is 0 Å². The second-order valence-electron chi connectivity index (χ2n) is 15.8. The lowest BCUT2D eigenvalue weighted by Gasteiger charge is -2.19. The number of unbranched alkanes of at least 4 members (excludes halogenated alkanes) is 33. The first-order chi connectivity index (χ1) is 25.2. The summed E-state index contributed by atoms with van der Waals surface area (Å²) in [5.74, 6) is -0.0706. The first-order valence-electron chi connectivity index (χ1n) is 23.1. The molecule has 51 heavy (non-hydrogen) atoms. The van der Waals surface area contributed by atoms with Gasteiger partial charge >= 0.3 is 0 Å². The smallest absolute Gasteiger partial charge is 0.220 e. The van der Waals surface area contributed by atoms with Gasteiger partial charge in [0, 0.05) is 6.42 Å². The fourth-order valence-corrected chi connectivity index (χ4v) is 7.14. The zero-order valence-corrected chi connectivity index (χ0v) is 34.6. The maximum atomic E-state index is 12.4. The molecule has 4 nitrogen and oxygen atoms in total. The lowest BCUT2D eigenvalue weighted by atomic mass is 10.0. The molecule has 0 aliphatic rings. The summed E-state index contributed by atoms with van der Waals surface area (Å²) in [6.07, 6.45) is 55.9. The van der Waals surface area contributed by atoms with E-state index in [1.54, 1.807) is 6.08 Å². The number of aliphatic hydroxyl groups is 2. The highest BCUT2D eigenvalue weighted by molar-refractivity contribution is 5.76. The van der Waals surface area contributed by atoms with E-state index in [1.807, 2.05) is 6.08 Å². The van der Waals surface area contributed by atoms with Gasteiger partial charge in [0.05, 0.1) is 18.8 Å². The van der Waals surface area contributed by atoms with Crippen molar-refractivity contribution < 1.29 is 15.0 Å². The van der Waals surface area contributed by atoms with E-state index < -0.39 is 12.1 Å². The van der Waals surface area contributed by atoms with Gasteiger partial charge in [-0.15, -0.1) is 0 Å². The third-order valence-electron chi connectivity index (χ3n) is 10.7. The molecule has 1 amide bonds. The number of hydrogen-bond acceptors (Lipinski definition) is 3. The van der Waals surface area contributed by atoms with Gasteiger partial charge in [0.2, 0.25) is 5.91 Å². The summed E-state index contributed by atoms with van der Waals surface area (Å²) in [6, 6.07) is -0.633. The van der Waals surface area contributed by atoms with E-state index in [2.05, 4.69) is 31.3 Å². The van der Waals surface area contributed by atoms with Crippen molar-refractivity contribution >= 4 is 5.91 Å². The van der Waals surface area contributed by atoms with Crippen LogP contribution in [0.1, 0.15) is 251 Å². The lowest BCUT2D eigenvalue weighted by Crippen LogP contribution is -2.45. The van der Waals surface area contributed by atoms with E-state index in [1.165, 1.54) is 199 Å². The van der Waals surface area contributed by atoms with Crippen LogP contribution in [-0.4, -0.2) is 34.9 Å². The number of carbonyl (C=O) groups is 1. The minimum absolute atomic E-state index is 0.0706. The molecule has 0 aromatic heterocycles. The fraction of sp³-hybridized carbons (Fsp3) is 0.894. The summed E-state index contributed by atoms with van der Waals surface area (Å²) in [7, 11) is 0. The number of hydrogen-bond donors (Lipinski definition) is 3. The number of amides is 1. The second-order valence-corrected chi connectivity index (χ2v) is 15.8. The Hall–Kier alpha value is -1.13. The molecular formula is C47H91NO3. The van der Waals surface area contributed by atoms with E-state index in [0.29, 0.717) is 6.42 Å². The van der Waals surface area contributed by atoms with Gasteiger partial charge in [-0.25, -0.2) is 0 Å². The first-order valence-corrected chi connectivity index (χ1v) is 23.1. The number of carbonyl (C=O) groups excluding carboxylic acids is 1. The van der Waals surface area contributed by atoms with E-state index in [0.717, 1.165) is 32.1 Å². The number of nitrogens with one attached hydrogen (secondary N) is 1. The Morgan fingerprint density at radius 2 is 0.765 bits per heavy atom. The summed E-state index contributed by atoms with van der Waals surface area (Å²) in [5.41, 5.74) is 0. The summed E-state index contributed by atoms with van der Waals surface area (Å²) in [5, 5.41) is 22.9. The molecule has 0 saturated heterocycles. The summed E-state index contributed by atoms with van der Waals surface area (Å²) in [4.78, 5) is 12.4. The van der Waals surface area contributed by atoms with Crippen molar-refractivity contribution in [1.82, 2.24) is 5.32 Å². The summed E-state index contributed by atoms with van der Waals surface area (Å²) in [6.45, 7) is 4.29. The minimum Gasteiger partial charge on any atom is -0.394 e. The average Bonchev–Trinajstić information content (AvgIpc) is 3.13. The molecule has 0 fully saturated rings. The van der Waals surface area contributed by atoms with Crippen molar-refractivity contribution in [1.29, 1.82) is 0 Å². The molecule has 0 aliphatic heterocycles. The Bertz CT molecular complexity index is 735. The van der Waals surface area contributed by atoms with E-state index in [4.69, 9.17) is 0 Å². The van der Waals surface area contributed by atoms with Gasteiger partial charge in [-0.2, -0.15) is 0 Å². The number of aliphatic hydroxyl groups excluding tert-OH is 2. The van der Waals surface area contributed by atoms with Crippen LogP contribution >= 0.6 is 0 Å². The average molecular weight is 718 g/mol. The molecule has 0 aromatic carbocycles. The Morgan fingerprint density at radius 3 is 1.14 bits per heavy atom. The molecule has 2 unspecified atom stereocenters. The van der Waals surface area contributed by atoms with Crippen molar-refractivity contribution in [2.75, 3.05) is 6.61 Å². The molecule has 2 atom stereocenters. The quantitative estimate of drug-likeness (QED) is 0.0435. The van der Waals surface area contributed by atoms with Gasteiger partial charge in [0.25, 0.3) is 0 Å². The molecule has 0 aromatic rings. The van der Waals surface area contributed by atoms with Crippen LogP contribution in [0, 0.1) is 0 Å². The summed E-state index contributed by atoms with van der Waals surface area (Å²) < 4.78 is 0. The monoisotopic (exact) mass is 718 g/mol. The van der Waals surface area contributed by atoms with Crippen LogP contribution in [0.5, 0.6) is 0 Å². The highest BCUT2D eigenvalue weighted by atomic mass is 16.3. The van der Waals surface area contributed by atoms with Crippen LogP contribution in [0.4, 0.5) is 0 Å². The van der Waals surface area contributed by atoms with Crippen LogP contribution in [-0.2, 0) is 4.79 Å². The zero-order valence-electron chi connectivity index (χ0n) is 34.6. The van der Waals surface area contributed by atoms with Gasteiger partial charge < -0.3 is 15.5 Å². The van der Waals surface area contributed by atoms with Gasteiger partial charge in [-0.1, -0.05) is 237 Å². The van der Waals surface area contributed by atoms with Gasteiger partial charge in [0.1, 0.15) is 0 Å². The van der Waals surface area contributed by atoms with Crippen LogP contribution in [0.3, 0.4) is 0 Å². The Labute approximate surface area is 319 Å². The van der Waals surface area contributed by atoms with Crippen molar-refractivity contribution in [3.05, 3.63) is 24.3 Å². The Morgan fingerprint density at radius 1 is 0.451 bits per heavy atom. The Kier molecular flexibility index (Phi) is 42.3. The van der Waals surface area contributed by atoms with Gasteiger partial charge in [0.15, 0.2) is 0 Å². The highest BCUT2D eigenvalue weighted by Crippen LogP contribution is 2.16. The zero-order chi connectivity index (χ0) is 37.1. The molecule has 0 heterocycles. The third kappa shape index (κ3) is 39.9. The van der Waals surface area contributed by atoms with Gasteiger partial charge in [-0.05, 0) is 32.1 Å². The third-order valence-corrected chi connectivity index (χ3v) is 10.7. The van der Waals surface area contributed by atoms with Crippen LogP contribution in [0.15, 0.2) is 24.3 Å². The maximum Gasteiger partial charge on any atom is 0.220 e. The van der Waals surface area contributed by atoms with Crippen molar-refractivity contribution in [3.63, 3.8) is 0 Å². The minimum atomic E-state index is -0.857. The summed E-state index contributed by atoms with van der Waals surface area (Å²) >= 11 is 0. The molecule has 302 valence electrons. The molecule has 0 radical (unpaired) electrons. The standard InChI is InChI=1S/C47H91NO3/c1-3-5-7-9-11-13-15-17-18-19-20-21-22-23-24-25-26-27-28-29-30-31-33-35-37-39-41-43-47(51)48-45(44-49)46(50)42-40-38-36-34-32-16-14-12-10-8-6-4-2/h32,34,40,42,45-46,49-50H,3-31,33,35-39,41,43-44H2,1-2H3,(H,48,51)/b34-32+,42-40+. The van der Waals surface area contributed by atoms with Crippen molar-refractivity contribution in [2.24, 2.45) is 0 Å². The van der Waals surface area contributed by atoms with Crippen molar-refractivity contribution in [2.45, 2.75) is 264 Å². The van der Waals surface area contributed by atoms with E-state index in [-0.39, 0.29) is 12.5 Å². The molecule has 0 bridgehead atoms. The number of rotatable bonds is 42. The number of allylic oxidation sites excluding steroid dienone is 3. The van der Waals surface area contributed by atoms with E-state index >= 15 is 0 Å². The largest absolute Gasteiger partial charge is 0.394 e. The molecule has 0 rings (SSSR count). The SMILES string of the molecule is CCCCCCCC/C=C/CC/C=C/C(O)C(CO)NC(=O)CCCCCCCCCCCCCCCCCCCCCCCCCCCCC. The second kappa shape index (κ2) is 43.3. The normalized spacial score (nSPS) is 13.1. The topological polar surface area (TPSA) is 69.6 Å². The van der Waals surface area contributed by atoms with E-state index in [9.17, 15) is 15.0 Å². The lowest BCUT2D eigenvalue weighted by molar-refractivity contribution is -0.123. The predicted molar refractivity (Wildman–Crippen MR) is 225 cm³/mol. The molecular weight excluding hydrogens is 627 g/mol.